The maximum absolute atomic E-state index is 12.8. The third kappa shape index (κ3) is 3.20. The molecule has 1 aromatic carbocycles. The largest absolute Gasteiger partial charge is 0.434 e. The summed E-state index contributed by atoms with van der Waals surface area (Å²) in [5, 5.41) is 5.63. The molecule has 0 aliphatic carbocycles. The highest BCUT2D eigenvalue weighted by molar-refractivity contribution is 6.35. The van der Waals surface area contributed by atoms with Gasteiger partial charge in [-0.3, -0.25) is 9.48 Å². The van der Waals surface area contributed by atoms with Crippen molar-refractivity contribution in [1.29, 1.82) is 0 Å². The first-order chi connectivity index (χ1) is 10.1. The lowest BCUT2D eigenvalue weighted by atomic mass is 10.2. The normalized spacial score (nSPS) is 11.6. The van der Waals surface area contributed by atoms with Crippen molar-refractivity contribution in [1.82, 2.24) is 9.78 Å². The summed E-state index contributed by atoms with van der Waals surface area (Å²) in [4.78, 5) is 12.1. The molecular weight excluding hydrogens is 342 g/mol. The van der Waals surface area contributed by atoms with Gasteiger partial charge in [0.2, 0.25) is 0 Å². The van der Waals surface area contributed by atoms with Crippen LogP contribution in [0.3, 0.4) is 0 Å². The fraction of sp³-hybridized carbons (Fsp3) is 0.231. The number of nitrogens with zero attached hydrogens (tertiary/aromatic N) is 2. The van der Waals surface area contributed by atoms with Gasteiger partial charge in [-0.05, 0) is 24.6 Å². The smallest absolute Gasteiger partial charge is 0.320 e. The summed E-state index contributed by atoms with van der Waals surface area (Å²) in [5.74, 6) is -0.846. The average molecular weight is 352 g/mol. The van der Waals surface area contributed by atoms with E-state index in [1.165, 1.54) is 6.07 Å². The number of amides is 1. The Morgan fingerprint density at radius 3 is 2.50 bits per heavy atom. The summed E-state index contributed by atoms with van der Waals surface area (Å²) in [6.45, 7) is 1.72. The number of alkyl halides is 3. The average Bonchev–Trinajstić information content (AvgIpc) is 2.68. The standard InChI is InChI=1S/C13H10Cl2F3N3O/c1-6-3-4-7(14)5-8(6)19-12(22)10-9(15)11(13(16,17)18)21(2)20-10/h3-5H,1-2H3,(H,19,22). The maximum atomic E-state index is 12.8. The molecule has 0 spiro atoms. The van der Waals surface area contributed by atoms with Crippen LogP contribution in [0.5, 0.6) is 0 Å². The number of aromatic nitrogens is 2. The summed E-state index contributed by atoms with van der Waals surface area (Å²) in [6, 6.07) is 4.78. The molecule has 0 saturated carbocycles. The van der Waals surface area contributed by atoms with Crippen LogP contribution in [0.1, 0.15) is 21.7 Å². The molecular formula is C13H10Cl2F3N3O. The fourth-order valence-electron chi connectivity index (χ4n) is 1.86. The third-order valence-electron chi connectivity index (χ3n) is 2.92. The second-order valence-corrected chi connectivity index (χ2v) is 5.36. The zero-order valence-corrected chi connectivity index (χ0v) is 12.9. The molecule has 1 aromatic heterocycles. The van der Waals surface area contributed by atoms with Crippen LogP contribution in [0.2, 0.25) is 10.0 Å². The summed E-state index contributed by atoms with van der Waals surface area (Å²) >= 11 is 11.5. The van der Waals surface area contributed by atoms with Gasteiger partial charge in [-0.1, -0.05) is 29.3 Å². The minimum Gasteiger partial charge on any atom is -0.320 e. The van der Waals surface area contributed by atoms with E-state index < -0.39 is 28.5 Å². The maximum Gasteiger partial charge on any atom is 0.434 e. The molecule has 9 heteroatoms. The lowest BCUT2D eigenvalue weighted by Crippen LogP contribution is -2.14. The molecule has 0 fully saturated rings. The number of rotatable bonds is 2. The number of benzene rings is 1. The lowest BCUT2D eigenvalue weighted by molar-refractivity contribution is -0.143. The Hall–Kier alpha value is -1.73. The zero-order chi connectivity index (χ0) is 16.7. The Morgan fingerprint density at radius 2 is 1.95 bits per heavy atom. The molecule has 0 saturated heterocycles. The minimum atomic E-state index is -4.71. The summed E-state index contributed by atoms with van der Waals surface area (Å²) in [7, 11) is 1.07. The summed E-state index contributed by atoms with van der Waals surface area (Å²) < 4.78 is 39.0. The fourth-order valence-corrected chi connectivity index (χ4v) is 2.39. The van der Waals surface area contributed by atoms with Gasteiger partial charge in [0.1, 0.15) is 5.02 Å². The minimum absolute atomic E-state index is 0.368. The summed E-state index contributed by atoms with van der Waals surface area (Å²) in [5.41, 5.74) is -0.619. The van der Waals surface area contributed by atoms with Crippen molar-refractivity contribution in [2.75, 3.05) is 5.32 Å². The molecule has 1 heterocycles. The van der Waals surface area contributed by atoms with E-state index in [0.29, 0.717) is 21.0 Å². The van der Waals surface area contributed by atoms with Gasteiger partial charge >= 0.3 is 6.18 Å². The van der Waals surface area contributed by atoms with Crippen LogP contribution in [0.25, 0.3) is 0 Å². The van der Waals surface area contributed by atoms with E-state index in [-0.39, 0.29) is 0 Å². The lowest BCUT2D eigenvalue weighted by Gasteiger charge is -2.08. The predicted molar refractivity (Wildman–Crippen MR) is 77.4 cm³/mol. The van der Waals surface area contributed by atoms with Gasteiger partial charge < -0.3 is 5.32 Å². The Bertz CT molecular complexity index is 741. The summed E-state index contributed by atoms with van der Waals surface area (Å²) in [6.07, 6.45) is -4.71. The molecule has 22 heavy (non-hydrogen) atoms. The van der Waals surface area contributed by atoms with Crippen molar-refractivity contribution < 1.29 is 18.0 Å². The number of hydrogen-bond acceptors (Lipinski definition) is 2. The third-order valence-corrected chi connectivity index (χ3v) is 3.51. The topological polar surface area (TPSA) is 46.9 Å². The van der Waals surface area contributed by atoms with Gasteiger partial charge in [0.05, 0.1) is 0 Å². The quantitative estimate of drug-likeness (QED) is 0.876. The van der Waals surface area contributed by atoms with Gasteiger partial charge in [0.25, 0.3) is 5.91 Å². The second-order valence-electron chi connectivity index (χ2n) is 4.55. The van der Waals surface area contributed by atoms with Crippen molar-refractivity contribution in [2.24, 2.45) is 7.05 Å². The van der Waals surface area contributed by atoms with Crippen molar-refractivity contribution >= 4 is 34.8 Å². The van der Waals surface area contributed by atoms with Crippen molar-refractivity contribution in [3.8, 4) is 0 Å². The molecule has 0 unspecified atom stereocenters. The van der Waals surface area contributed by atoms with E-state index in [0.717, 1.165) is 7.05 Å². The molecule has 118 valence electrons. The number of hydrogen-bond donors (Lipinski definition) is 1. The molecule has 0 radical (unpaired) electrons. The van der Waals surface area contributed by atoms with Crippen LogP contribution in [0, 0.1) is 6.92 Å². The van der Waals surface area contributed by atoms with E-state index >= 15 is 0 Å². The number of aryl methyl sites for hydroxylation is 2. The molecule has 0 aliphatic rings. The molecule has 0 bridgehead atoms. The van der Waals surface area contributed by atoms with Gasteiger partial charge in [0, 0.05) is 17.8 Å². The van der Waals surface area contributed by atoms with Crippen LogP contribution < -0.4 is 5.32 Å². The van der Waals surface area contributed by atoms with Gasteiger partial charge in [0.15, 0.2) is 11.4 Å². The SMILES string of the molecule is Cc1ccc(Cl)cc1NC(=O)c1nn(C)c(C(F)(F)F)c1Cl. The molecule has 1 amide bonds. The second kappa shape index (κ2) is 5.81. The highest BCUT2D eigenvalue weighted by Crippen LogP contribution is 2.36. The highest BCUT2D eigenvalue weighted by atomic mass is 35.5. The van der Waals surface area contributed by atoms with E-state index in [9.17, 15) is 18.0 Å². The van der Waals surface area contributed by atoms with Crippen LogP contribution in [-0.2, 0) is 13.2 Å². The molecule has 4 nitrogen and oxygen atoms in total. The van der Waals surface area contributed by atoms with Crippen LogP contribution in [0.4, 0.5) is 18.9 Å². The number of halogens is 5. The van der Waals surface area contributed by atoms with Crippen molar-refractivity contribution in [2.45, 2.75) is 13.1 Å². The number of nitrogens with one attached hydrogen (secondary N) is 1. The molecule has 2 rings (SSSR count). The molecule has 0 atom stereocenters. The number of anilines is 1. The van der Waals surface area contributed by atoms with Gasteiger partial charge in [-0.2, -0.15) is 18.3 Å². The van der Waals surface area contributed by atoms with Crippen LogP contribution >= 0.6 is 23.2 Å². The van der Waals surface area contributed by atoms with Gasteiger partial charge in [-0.25, -0.2) is 0 Å². The zero-order valence-electron chi connectivity index (χ0n) is 11.4. The Labute approximate surface area is 133 Å². The monoisotopic (exact) mass is 351 g/mol. The van der Waals surface area contributed by atoms with Crippen molar-refractivity contribution in [3.63, 3.8) is 0 Å². The van der Waals surface area contributed by atoms with E-state index in [4.69, 9.17) is 23.2 Å². The number of carbonyl (C=O) groups excluding carboxylic acids is 1. The van der Waals surface area contributed by atoms with E-state index in [1.807, 2.05) is 0 Å². The van der Waals surface area contributed by atoms with E-state index in [1.54, 1.807) is 19.1 Å². The van der Waals surface area contributed by atoms with Crippen LogP contribution in [-0.4, -0.2) is 15.7 Å². The Morgan fingerprint density at radius 1 is 1.32 bits per heavy atom. The van der Waals surface area contributed by atoms with Crippen LogP contribution in [0.15, 0.2) is 18.2 Å². The van der Waals surface area contributed by atoms with E-state index in [2.05, 4.69) is 10.4 Å². The molecule has 0 aliphatic heterocycles. The predicted octanol–water partition coefficient (Wildman–Crippen LogP) is 4.31. The molecule has 1 N–H and O–H groups in total. The molecule has 2 aromatic rings. The first-order valence-electron chi connectivity index (χ1n) is 5.98. The number of carbonyl (C=O) groups is 1. The van der Waals surface area contributed by atoms with Crippen molar-refractivity contribution in [3.05, 3.63) is 45.2 Å². The first kappa shape index (κ1) is 16.6. The highest BCUT2D eigenvalue weighted by Gasteiger charge is 2.40. The first-order valence-corrected chi connectivity index (χ1v) is 6.74. The van der Waals surface area contributed by atoms with Gasteiger partial charge in [-0.15, -0.1) is 0 Å². The Balaban J connectivity index is 2.37. The Kier molecular flexibility index (Phi) is 4.39.